The summed E-state index contributed by atoms with van der Waals surface area (Å²) >= 11 is 11.8. The Hall–Kier alpha value is -0.730. The molecule has 1 aromatic carbocycles. The van der Waals surface area contributed by atoms with Gasteiger partial charge in [-0.3, -0.25) is 4.79 Å². The van der Waals surface area contributed by atoms with E-state index >= 15 is 0 Å². The van der Waals surface area contributed by atoms with Crippen molar-refractivity contribution < 1.29 is 4.79 Å². The SMILES string of the molecule is CN(Cc1ccc(Cl)c(Cl)c1)C(=O)C(C)(C)C. The molecular formula is C13H17Cl2NO. The quantitative estimate of drug-likeness (QED) is 0.798. The summed E-state index contributed by atoms with van der Waals surface area (Å²) in [7, 11) is 1.79. The molecule has 0 saturated carbocycles. The van der Waals surface area contributed by atoms with E-state index in [1.54, 1.807) is 24.1 Å². The lowest BCUT2D eigenvalue weighted by molar-refractivity contribution is -0.138. The molecule has 1 aromatic rings. The number of hydrogen-bond acceptors (Lipinski definition) is 1. The highest BCUT2D eigenvalue weighted by Gasteiger charge is 2.24. The first-order chi connectivity index (χ1) is 7.71. The lowest BCUT2D eigenvalue weighted by atomic mass is 9.95. The normalized spacial score (nSPS) is 11.4. The van der Waals surface area contributed by atoms with Crippen LogP contribution in [0.5, 0.6) is 0 Å². The molecule has 0 unspecified atom stereocenters. The van der Waals surface area contributed by atoms with E-state index in [9.17, 15) is 4.79 Å². The van der Waals surface area contributed by atoms with E-state index in [1.807, 2.05) is 26.8 Å². The van der Waals surface area contributed by atoms with Crippen molar-refractivity contribution in [2.75, 3.05) is 7.05 Å². The molecule has 0 aromatic heterocycles. The Labute approximate surface area is 113 Å². The summed E-state index contributed by atoms with van der Waals surface area (Å²) in [6.07, 6.45) is 0. The van der Waals surface area contributed by atoms with Crippen LogP contribution < -0.4 is 0 Å². The highest BCUT2D eigenvalue weighted by Crippen LogP contribution is 2.24. The third-order valence-electron chi connectivity index (χ3n) is 2.39. The van der Waals surface area contributed by atoms with Crippen LogP contribution in [0.15, 0.2) is 18.2 Å². The van der Waals surface area contributed by atoms with Gasteiger partial charge in [-0.1, -0.05) is 50.0 Å². The third kappa shape index (κ3) is 3.90. The molecule has 0 bridgehead atoms. The molecule has 94 valence electrons. The van der Waals surface area contributed by atoms with Crippen LogP contribution in [0.1, 0.15) is 26.3 Å². The van der Waals surface area contributed by atoms with Crippen molar-refractivity contribution in [3.8, 4) is 0 Å². The number of hydrogen-bond donors (Lipinski definition) is 0. The summed E-state index contributed by atoms with van der Waals surface area (Å²) in [6.45, 7) is 6.25. The number of amides is 1. The minimum Gasteiger partial charge on any atom is -0.341 e. The van der Waals surface area contributed by atoms with Crippen molar-refractivity contribution in [1.29, 1.82) is 0 Å². The molecule has 0 aliphatic rings. The predicted octanol–water partition coefficient (Wildman–Crippen LogP) is 4.00. The molecule has 0 radical (unpaired) electrons. The lowest BCUT2D eigenvalue weighted by Gasteiger charge is -2.26. The molecule has 0 N–H and O–H groups in total. The van der Waals surface area contributed by atoms with E-state index in [-0.39, 0.29) is 11.3 Å². The van der Waals surface area contributed by atoms with Gasteiger partial charge < -0.3 is 4.90 Å². The zero-order chi connectivity index (χ0) is 13.2. The summed E-state index contributed by atoms with van der Waals surface area (Å²) < 4.78 is 0. The largest absolute Gasteiger partial charge is 0.341 e. The van der Waals surface area contributed by atoms with Gasteiger partial charge in [-0.25, -0.2) is 0 Å². The van der Waals surface area contributed by atoms with Crippen LogP contribution in [-0.2, 0) is 11.3 Å². The van der Waals surface area contributed by atoms with Gasteiger partial charge in [0.05, 0.1) is 10.0 Å². The van der Waals surface area contributed by atoms with Crippen LogP contribution in [0.2, 0.25) is 10.0 Å². The fourth-order valence-electron chi connectivity index (χ4n) is 1.56. The molecule has 0 aliphatic heterocycles. The molecular weight excluding hydrogens is 257 g/mol. The molecule has 0 aliphatic carbocycles. The Kier molecular flexibility index (Phi) is 4.45. The number of carbonyl (C=O) groups is 1. The average Bonchev–Trinajstić information content (AvgIpc) is 2.21. The number of rotatable bonds is 2. The van der Waals surface area contributed by atoms with Crippen LogP contribution in [0.25, 0.3) is 0 Å². The van der Waals surface area contributed by atoms with Gasteiger partial charge in [0, 0.05) is 19.0 Å². The fraction of sp³-hybridized carbons (Fsp3) is 0.462. The van der Waals surface area contributed by atoms with E-state index < -0.39 is 0 Å². The van der Waals surface area contributed by atoms with Gasteiger partial charge in [0.1, 0.15) is 0 Å². The zero-order valence-electron chi connectivity index (χ0n) is 10.6. The maximum absolute atomic E-state index is 12.0. The summed E-state index contributed by atoms with van der Waals surface area (Å²) in [6, 6.07) is 5.41. The first-order valence-corrected chi connectivity index (χ1v) is 6.17. The van der Waals surface area contributed by atoms with Gasteiger partial charge in [-0.2, -0.15) is 0 Å². The minimum absolute atomic E-state index is 0.101. The average molecular weight is 274 g/mol. The molecule has 0 spiro atoms. The monoisotopic (exact) mass is 273 g/mol. The van der Waals surface area contributed by atoms with Gasteiger partial charge >= 0.3 is 0 Å². The Morgan fingerprint density at radius 3 is 2.29 bits per heavy atom. The lowest BCUT2D eigenvalue weighted by Crippen LogP contribution is -2.36. The summed E-state index contributed by atoms with van der Waals surface area (Å²) in [5.74, 6) is 0.101. The Balaban J connectivity index is 2.78. The van der Waals surface area contributed by atoms with Crippen LogP contribution in [0.4, 0.5) is 0 Å². The number of carbonyl (C=O) groups excluding carboxylic acids is 1. The van der Waals surface area contributed by atoms with E-state index in [2.05, 4.69) is 0 Å². The molecule has 17 heavy (non-hydrogen) atoms. The minimum atomic E-state index is -0.370. The molecule has 0 atom stereocenters. The van der Waals surface area contributed by atoms with Crippen molar-refractivity contribution >= 4 is 29.1 Å². The van der Waals surface area contributed by atoms with Gasteiger partial charge in [0.25, 0.3) is 0 Å². The number of benzene rings is 1. The van der Waals surface area contributed by atoms with E-state index in [4.69, 9.17) is 23.2 Å². The van der Waals surface area contributed by atoms with Crippen molar-refractivity contribution in [2.45, 2.75) is 27.3 Å². The topological polar surface area (TPSA) is 20.3 Å². The molecule has 0 heterocycles. The predicted molar refractivity (Wildman–Crippen MR) is 72.4 cm³/mol. The highest BCUT2D eigenvalue weighted by atomic mass is 35.5. The highest BCUT2D eigenvalue weighted by molar-refractivity contribution is 6.42. The van der Waals surface area contributed by atoms with Crippen molar-refractivity contribution in [1.82, 2.24) is 4.90 Å². The van der Waals surface area contributed by atoms with Crippen molar-refractivity contribution in [3.63, 3.8) is 0 Å². The fourth-order valence-corrected chi connectivity index (χ4v) is 1.88. The first-order valence-electron chi connectivity index (χ1n) is 5.41. The Morgan fingerprint density at radius 2 is 1.82 bits per heavy atom. The van der Waals surface area contributed by atoms with Crippen molar-refractivity contribution in [3.05, 3.63) is 33.8 Å². The van der Waals surface area contributed by atoms with E-state index in [0.29, 0.717) is 16.6 Å². The Bertz CT molecular complexity index is 424. The van der Waals surface area contributed by atoms with E-state index in [0.717, 1.165) is 5.56 Å². The summed E-state index contributed by atoms with van der Waals surface area (Å²) in [5.41, 5.74) is 0.602. The summed E-state index contributed by atoms with van der Waals surface area (Å²) in [4.78, 5) is 13.7. The van der Waals surface area contributed by atoms with Crippen LogP contribution >= 0.6 is 23.2 Å². The van der Waals surface area contributed by atoms with Crippen LogP contribution in [-0.4, -0.2) is 17.9 Å². The second kappa shape index (κ2) is 5.28. The standard InChI is InChI=1S/C13H17Cl2NO/c1-13(2,3)12(17)16(4)8-9-5-6-10(14)11(15)7-9/h5-7H,8H2,1-4H3. The maximum Gasteiger partial charge on any atom is 0.227 e. The number of halogens is 2. The van der Waals surface area contributed by atoms with Crippen LogP contribution in [0.3, 0.4) is 0 Å². The summed E-state index contributed by atoms with van der Waals surface area (Å²) in [5, 5.41) is 1.04. The molecule has 2 nitrogen and oxygen atoms in total. The van der Waals surface area contributed by atoms with Gasteiger partial charge in [-0.05, 0) is 17.7 Å². The third-order valence-corrected chi connectivity index (χ3v) is 3.13. The molecule has 1 rings (SSSR count). The Morgan fingerprint density at radius 1 is 1.24 bits per heavy atom. The second-order valence-electron chi connectivity index (χ2n) is 5.16. The first kappa shape index (κ1) is 14.3. The number of nitrogens with zero attached hydrogens (tertiary/aromatic N) is 1. The molecule has 1 amide bonds. The molecule has 0 fully saturated rings. The zero-order valence-corrected chi connectivity index (χ0v) is 12.1. The smallest absolute Gasteiger partial charge is 0.227 e. The van der Waals surface area contributed by atoms with Crippen molar-refractivity contribution in [2.24, 2.45) is 5.41 Å². The van der Waals surface area contributed by atoms with E-state index in [1.165, 1.54) is 0 Å². The molecule has 0 saturated heterocycles. The van der Waals surface area contributed by atoms with Gasteiger partial charge in [0.2, 0.25) is 5.91 Å². The maximum atomic E-state index is 12.0. The van der Waals surface area contributed by atoms with Crippen LogP contribution in [0, 0.1) is 5.41 Å². The molecule has 4 heteroatoms. The van der Waals surface area contributed by atoms with Gasteiger partial charge in [0.15, 0.2) is 0 Å². The van der Waals surface area contributed by atoms with Gasteiger partial charge in [-0.15, -0.1) is 0 Å². The second-order valence-corrected chi connectivity index (χ2v) is 5.97.